The van der Waals surface area contributed by atoms with Gasteiger partial charge in [-0.2, -0.15) is 0 Å². The number of rotatable bonds is 3. The number of likely N-dealkylation sites (tertiary alicyclic amines) is 1. The molecule has 0 radical (unpaired) electrons. The summed E-state index contributed by atoms with van der Waals surface area (Å²) in [5, 5.41) is 3.14. The quantitative estimate of drug-likeness (QED) is 0.882. The summed E-state index contributed by atoms with van der Waals surface area (Å²) < 4.78 is 36.8. The van der Waals surface area contributed by atoms with Crippen LogP contribution in [-0.2, 0) is 14.6 Å². The van der Waals surface area contributed by atoms with Gasteiger partial charge in [-0.3, -0.25) is 4.79 Å². The molecule has 138 valence electrons. The van der Waals surface area contributed by atoms with Gasteiger partial charge in [0.25, 0.3) is 0 Å². The molecule has 0 saturated carbocycles. The molecule has 0 aromatic heterocycles. The number of halogens is 1. The van der Waals surface area contributed by atoms with E-state index in [4.69, 9.17) is 0 Å². The van der Waals surface area contributed by atoms with Crippen molar-refractivity contribution in [1.82, 2.24) is 10.2 Å². The van der Waals surface area contributed by atoms with E-state index in [1.165, 1.54) is 18.4 Å². The smallest absolute Gasteiger partial charge is 0.244 e. The van der Waals surface area contributed by atoms with Gasteiger partial charge >= 0.3 is 0 Å². The van der Waals surface area contributed by atoms with E-state index in [0.29, 0.717) is 32.5 Å². The summed E-state index contributed by atoms with van der Waals surface area (Å²) in [5.74, 6) is -0.444. The van der Waals surface area contributed by atoms with E-state index in [2.05, 4.69) is 5.32 Å². The van der Waals surface area contributed by atoms with E-state index in [0.717, 1.165) is 12.0 Å². The number of nitrogens with zero attached hydrogens (tertiary/aromatic N) is 1. The van der Waals surface area contributed by atoms with Gasteiger partial charge in [0.1, 0.15) is 5.82 Å². The van der Waals surface area contributed by atoms with Crippen LogP contribution in [0.2, 0.25) is 0 Å². The van der Waals surface area contributed by atoms with Crippen molar-refractivity contribution in [2.45, 2.75) is 42.9 Å². The molecule has 0 bridgehead atoms. The van der Waals surface area contributed by atoms with E-state index in [9.17, 15) is 17.6 Å². The number of sulfone groups is 1. The van der Waals surface area contributed by atoms with Crippen LogP contribution < -0.4 is 5.32 Å². The lowest BCUT2D eigenvalue weighted by atomic mass is 9.95. The van der Waals surface area contributed by atoms with Crippen LogP contribution in [0.25, 0.3) is 0 Å². The second-order valence-electron chi connectivity index (χ2n) is 7.31. The van der Waals surface area contributed by atoms with Crippen molar-refractivity contribution in [3.05, 3.63) is 35.6 Å². The van der Waals surface area contributed by atoms with E-state index >= 15 is 0 Å². The second kappa shape index (κ2) is 6.68. The van der Waals surface area contributed by atoms with Crippen molar-refractivity contribution in [3.63, 3.8) is 0 Å². The number of hydrogen-bond donors (Lipinski definition) is 1. The molecular formula is C18H25FN2O3S. The third-order valence-corrected chi connectivity index (χ3v) is 7.69. The minimum Gasteiger partial charge on any atom is -0.338 e. The van der Waals surface area contributed by atoms with Gasteiger partial charge in [-0.05, 0) is 57.0 Å². The van der Waals surface area contributed by atoms with Crippen molar-refractivity contribution in [2.24, 2.45) is 0 Å². The minimum atomic E-state index is -3.52. The Labute approximate surface area is 148 Å². The zero-order valence-electron chi connectivity index (χ0n) is 14.7. The number of amides is 1. The van der Waals surface area contributed by atoms with E-state index in [-0.39, 0.29) is 23.7 Å². The average molecular weight is 368 g/mol. The summed E-state index contributed by atoms with van der Waals surface area (Å²) in [6, 6.07) is 6.32. The molecule has 5 nitrogen and oxygen atoms in total. The first-order valence-electron chi connectivity index (χ1n) is 8.71. The van der Waals surface area contributed by atoms with Gasteiger partial charge in [-0.25, -0.2) is 12.8 Å². The van der Waals surface area contributed by atoms with Gasteiger partial charge in [0.05, 0.1) is 0 Å². The molecule has 3 rings (SSSR count). The fraction of sp³-hybridized carbons (Fsp3) is 0.611. The molecule has 7 heteroatoms. The Morgan fingerprint density at radius 3 is 2.40 bits per heavy atom. The molecule has 2 aliphatic rings. The SMILES string of the molecule is CC1CC(c2ccc(F)cc2)CN1C(=O)C1(S(C)(=O)=O)CCNCC1. The van der Waals surface area contributed by atoms with Crippen molar-refractivity contribution in [2.75, 3.05) is 25.9 Å². The summed E-state index contributed by atoms with van der Waals surface area (Å²) in [5.41, 5.74) is 0.988. The van der Waals surface area contributed by atoms with E-state index in [1.807, 2.05) is 6.92 Å². The fourth-order valence-corrected chi connectivity index (χ4v) is 5.51. The maximum Gasteiger partial charge on any atom is 0.244 e. The zero-order chi connectivity index (χ0) is 18.2. The van der Waals surface area contributed by atoms with Crippen molar-refractivity contribution >= 4 is 15.7 Å². The Balaban J connectivity index is 1.85. The first kappa shape index (κ1) is 18.3. The third kappa shape index (κ3) is 3.31. The molecule has 2 saturated heterocycles. The molecule has 0 aliphatic carbocycles. The highest BCUT2D eigenvalue weighted by Gasteiger charge is 2.52. The molecule has 1 N–H and O–H groups in total. The van der Waals surface area contributed by atoms with Gasteiger partial charge in [-0.1, -0.05) is 12.1 Å². The summed E-state index contributed by atoms with van der Waals surface area (Å²) in [6.45, 7) is 3.50. The summed E-state index contributed by atoms with van der Waals surface area (Å²) >= 11 is 0. The molecule has 2 atom stereocenters. The predicted molar refractivity (Wildman–Crippen MR) is 94.6 cm³/mol. The first-order valence-corrected chi connectivity index (χ1v) is 10.6. The average Bonchev–Trinajstić information content (AvgIpc) is 2.96. The fourth-order valence-electron chi connectivity index (χ4n) is 4.13. The summed E-state index contributed by atoms with van der Waals surface area (Å²) in [4.78, 5) is 15.0. The third-order valence-electron chi connectivity index (χ3n) is 5.69. The van der Waals surface area contributed by atoms with E-state index in [1.54, 1.807) is 17.0 Å². The Bertz CT molecular complexity index is 742. The van der Waals surface area contributed by atoms with Crippen LogP contribution in [0.3, 0.4) is 0 Å². The maximum absolute atomic E-state index is 13.3. The van der Waals surface area contributed by atoms with Crippen molar-refractivity contribution in [3.8, 4) is 0 Å². The first-order chi connectivity index (χ1) is 11.7. The molecule has 2 aliphatic heterocycles. The lowest BCUT2D eigenvalue weighted by Gasteiger charge is -2.38. The number of benzene rings is 1. The lowest BCUT2D eigenvalue weighted by molar-refractivity contribution is -0.135. The van der Waals surface area contributed by atoms with Gasteiger partial charge in [0.2, 0.25) is 5.91 Å². The largest absolute Gasteiger partial charge is 0.338 e. The Hall–Kier alpha value is -1.47. The monoisotopic (exact) mass is 368 g/mol. The highest BCUT2D eigenvalue weighted by molar-refractivity contribution is 7.92. The number of carbonyl (C=O) groups is 1. The predicted octanol–water partition coefficient (Wildman–Crippen LogP) is 1.70. The normalized spacial score (nSPS) is 26.6. The van der Waals surface area contributed by atoms with Gasteiger partial charge in [0.15, 0.2) is 14.6 Å². The Morgan fingerprint density at radius 2 is 1.84 bits per heavy atom. The van der Waals surface area contributed by atoms with Crippen molar-refractivity contribution < 1.29 is 17.6 Å². The van der Waals surface area contributed by atoms with Gasteiger partial charge in [0, 0.05) is 24.8 Å². The lowest BCUT2D eigenvalue weighted by Crippen LogP contribution is -2.58. The maximum atomic E-state index is 13.3. The standard InChI is InChI=1S/C18H25FN2O3S/c1-13-11-15(14-3-5-16(19)6-4-14)12-21(13)17(22)18(25(2,23)24)7-9-20-10-8-18/h3-6,13,15,20H,7-12H2,1-2H3. The number of hydrogen-bond acceptors (Lipinski definition) is 4. The molecule has 2 heterocycles. The van der Waals surface area contributed by atoms with Crippen LogP contribution in [0, 0.1) is 5.82 Å². The van der Waals surface area contributed by atoms with Crippen LogP contribution in [0.1, 0.15) is 37.7 Å². The van der Waals surface area contributed by atoms with Gasteiger partial charge < -0.3 is 10.2 Å². The van der Waals surface area contributed by atoms with E-state index < -0.39 is 14.6 Å². The number of piperidine rings is 1. The topological polar surface area (TPSA) is 66.5 Å². The summed E-state index contributed by atoms with van der Waals surface area (Å²) in [7, 11) is -3.52. The van der Waals surface area contributed by atoms with Crippen LogP contribution >= 0.6 is 0 Å². The highest BCUT2D eigenvalue weighted by atomic mass is 32.2. The molecule has 2 fully saturated rings. The minimum absolute atomic E-state index is 0.0314. The second-order valence-corrected chi connectivity index (χ2v) is 9.63. The molecule has 0 spiro atoms. The molecule has 1 amide bonds. The Morgan fingerprint density at radius 1 is 1.24 bits per heavy atom. The number of carbonyl (C=O) groups excluding carboxylic acids is 1. The van der Waals surface area contributed by atoms with Crippen molar-refractivity contribution in [1.29, 1.82) is 0 Å². The zero-order valence-corrected chi connectivity index (χ0v) is 15.5. The van der Waals surface area contributed by atoms with Crippen LogP contribution in [0.5, 0.6) is 0 Å². The molecule has 2 unspecified atom stereocenters. The number of nitrogens with one attached hydrogen (secondary N) is 1. The molecular weight excluding hydrogens is 343 g/mol. The Kier molecular flexibility index (Phi) is 4.90. The molecule has 25 heavy (non-hydrogen) atoms. The summed E-state index contributed by atoms with van der Waals surface area (Å²) in [6.07, 6.45) is 2.56. The van der Waals surface area contributed by atoms with Crippen LogP contribution in [0.4, 0.5) is 4.39 Å². The van der Waals surface area contributed by atoms with Crippen LogP contribution in [-0.4, -0.2) is 55.9 Å². The molecule has 1 aromatic rings. The molecule has 1 aromatic carbocycles. The van der Waals surface area contributed by atoms with Crippen LogP contribution in [0.15, 0.2) is 24.3 Å². The highest BCUT2D eigenvalue weighted by Crippen LogP contribution is 2.37. The van der Waals surface area contributed by atoms with Gasteiger partial charge in [-0.15, -0.1) is 0 Å².